The summed E-state index contributed by atoms with van der Waals surface area (Å²) in [5.41, 5.74) is 1.54. The minimum absolute atomic E-state index is 0.113. The van der Waals surface area contributed by atoms with Gasteiger partial charge in [-0.25, -0.2) is 13.5 Å². The lowest BCUT2D eigenvalue weighted by Crippen LogP contribution is -2.42. The quantitative estimate of drug-likeness (QED) is 0.801. The van der Waals surface area contributed by atoms with Crippen molar-refractivity contribution in [3.05, 3.63) is 46.8 Å². The molecule has 0 saturated carbocycles. The molecule has 0 radical (unpaired) electrons. The summed E-state index contributed by atoms with van der Waals surface area (Å²) >= 11 is 0. The van der Waals surface area contributed by atoms with Gasteiger partial charge in [-0.2, -0.15) is 5.10 Å². The van der Waals surface area contributed by atoms with Crippen molar-refractivity contribution in [1.82, 2.24) is 20.0 Å². The normalized spacial score (nSPS) is 11.7. The third-order valence-corrected chi connectivity index (χ3v) is 4.64. The van der Waals surface area contributed by atoms with E-state index in [4.69, 9.17) is 0 Å². The van der Waals surface area contributed by atoms with Crippen LogP contribution in [0.2, 0.25) is 0 Å². The van der Waals surface area contributed by atoms with Crippen molar-refractivity contribution in [2.24, 2.45) is 0 Å². The van der Waals surface area contributed by atoms with Crippen LogP contribution in [-0.2, 0) is 0 Å². The third kappa shape index (κ3) is 4.71. The average Bonchev–Trinajstić information content (AvgIpc) is 2.85. The smallest absolute Gasteiger partial charge is 0.255 e. The summed E-state index contributed by atoms with van der Waals surface area (Å²) < 4.78 is 28.6. The number of hydrogen-bond acceptors (Lipinski definition) is 3. The Hall–Kier alpha value is -2.28. The third-order valence-electron chi connectivity index (χ3n) is 4.64. The summed E-state index contributed by atoms with van der Waals surface area (Å²) in [5.74, 6) is -1.63. The second-order valence-corrected chi connectivity index (χ2v) is 7.23. The van der Waals surface area contributed by atoms with Gasteiger partial charge in [0.05, 0.1) is 17.0 Å². The number of carbonyl (C=O) groups is 1. The largest absolute Gasteiger partial charge is 0.351 e. The first-order valence-electron chi connectivity index (χ1n) is 9.19. The van der Waals surface area contributed by atoms with Gasteiger partial charge in [-0.1, -0.05) is 0 Å². The van der Waals surface area contributed by atoms with Gasteiger partial charge in [0, 0.05) is 31.2 Å². The maximum atomic E-state index is 14.1. The molecule has 0 aliphatic rings. The lowest BCUT2D eigenvalue weighted by Gasteiger charge is -2.30. The summed E-state index contributed by atoms with van der Waals surface area (Å²) in [7, 11) is 0. The molecule has 0 spiro atoms. The Kier molecular flexibility index (Phi) is 6.70. The molecule has 0 unspecified atom stereocenters. The van der Waals surface area contributed by atoms with Crippen LogP contribution in [0.25, 0.3) is 5.69 Å². The Morgan fingerprint density at radius 1 is 1.19 bits per heavy atom. The fourth-order valence-corrected chi connectivity index (χ4v) is 3.36. The predicted molar refractivity (Wildman–Crippen MR) is 102 cm³/mol. The van der Waals surface area contributed by atoms with Gasteiger partial charge < -0.3 is 5.32 Å². The minimum Gasteiger partial charge on any atom is -0.351 e. The van der Waals surface area contributed by atoms with E-state index in [-0.39, 0.29) is 11.6 Å². The molecule has 2 aromatic rings. The van der Waals surface area contributed by atoms with Crippen molar-refractivity contribution in [1.29, 1.82) is 0 Å². The molecule has 7 heteroatoms. The highest BCUT2D eigenvalue weighted by atomic mass is 19.1. The van der Waals surface area contributed by atoms with Crippen molar-refractivity contribution < 1.29 is 13.6 Å². The number of nitrogens with zero attached hydrogens (tertiary/aromatic N) is 3. The first-order chi connectivity index (χ1) is 12.6. The molecule has 1 amide bonds. The topological polar surface area (TPSA) is 50.2 Å². The van der Waals surface area contributed by atoms with Crippen molar-refractivity contribution in [3.63, 3.8) is 0 Å². The Bertz CT molecular complexity index is 807. The van der Waals surface area contributed by atoms with Gasteiger partial charge in [-0.05, 0) is 53.7 Å². The Morgan fingerprint density at radius 3 is 2.37 bits per heavy atom. The summed E-state index contributed by atoms with van der Waals surface area (Å²) in [6.07, 6.45) is 0. The Labute approximate surface area is 159 Å². The summed E-state index contributed by atoms with van der Waals surface area (Å²) in [4.78, 5) is 14.9. The number of nitrogens with one attached hydrogen (secondary N) is 1. The fraction of sp³-hybridized carbons (Fsp3) is 0.500. The molecule has 5 nitrogen and oxygen atoms in total. The maximum Gasteiger partial charge on any atom is 0.255 e. The number of carbonyl (C=O) groups excluding carboxylic acids is 1. The van der Waals surface area contributed by atoms with Crippen LogP contribution in [0.1, 0.15) is 49.4 Å². The van der Waals surface area contributed by atoms with Crippen LogP contribution >= 0.6 is 0 Å². The molecule has 27 heavy (non-hydrogen) atoms. The molecule has 1 aromatic heterocycles. The monoisotopic (exact) mass is 378 g/mol. The zero-order valence-electron chi connectivity index (χ0n) is 16.8. The number of amides is 1. The van der Waals surface area contributed by atoms with Crippen LogP contribution in [0.15, 0.2) is 18.2 Å². The van der Waals surface area contributed by atoms with Gasteiger partial charge in [0.25, 0.3) is 5.91 Å². The van der Waals surface area contributed by atoms with E-state index in [1.165, 1.54) is 16.8 Å². The fourth-order valence-electron chi connectivity index (χ4n) is 3.36. The van der Waals surface area contributed by atoms with E-state index in [1.54, 1.807) is 13.8 Å². The molecular formula is C20H28F2N4O. The lowest BCUT2D eigenvalue weighted by atomic mass is 10.1. The zero-order valence-corrected chi connectivity index (χ0v) is 16.8. The predicted octanol–water partition coefficient (Wildman–Crippen LogP) is 3.62. The Balaban J connectivity index is 2.17. The molecule has 1 N–H and O–H groups in total. The van der Waals surface area contributed by atoms with Crippen LogP contribution in [-0.4, -0.2) is 45.8 Å². The Morgan fingerprint density at radius 2 is 1.81 bits per heavy atom. The minimum atomic E-state index is -0.725. The SMILES string of the molecule is Cc1nn(-c2ccc(F)cc2F)c(C)c1C(=O)NCCN(C(C)C)C(C)C. The van der Waals surface area contributed by atoms with E-state index >= 15 is 0 Å². The highest BCUT2D eigenvalue weighted by Crippen LogP contribution is 2.20. The van der Waals surface area contributed by atoms with E-state index in [9.17, 15) is 13.6 Å². The lowest BCUT2D eigenvalue weighted by molar-refractivity contribution is 0.0938. The number of hydrogen-bond donors (Lipinski definition) is 1. The maximum absolute atomic E-state index is 14.1. The number of aryl methyl sites for hydroxylation is 1. The summed E-state index contributed by atoms with van der Waals surface area (Å²) in [5, 5.41) is 7.20. The number of benzene rings is 1. The summed E-state index contributed by atoms with van der Waals surface area (Å²) in [6.45, 7) is 13.1. The molecular weight excluding hydrogens is 350 g/mol. The van der Waals surface area contributed by atoms with Crippen LogP contribution < -0.4 is 5.32 Å². The van der Waals surface area contributed by atoms with E-state index in [1.807, 2.05) is 0 Å². The molecule has 0 atom stereocenters. The van der Waals surface area contributed by atoms with Crippen LogP contribution in [0, 0.1) is 25.5 Å². The van der Waals surface area contributed by atoms with E-state index in [0.29, 0.717) is 35.6 Å². The summed E-state index contributed by atoms with van der Waals surface area (Å²) in [6, 6.07) is 4.05. The van der Waals surface area contributed by atoms with Crippen molar-refractivity contribution in [2.45, 2.75) is 53.6 Å². The molecule has 0 aliphatic heterocycles. The molecule has 1 aromatic carbocycles. The van der Waals surface area contributed by atoms with Gasteiger partial charge in [-0.3, -0.25) is 9.69 Å². The van der Waals surface area contributed by atoms with Crippen LogP contribution in [0.5, 0.6) is 0 Å². The molecule has 148 valence electrons. The number of aromatic nitrogens is 2. The first kappa shape index (κ1) is 21.0. The van der Waals surface area contributed by atoms with E-state index in [0.717, 1.165) is 12.6 Å². The van der Waals surface area contributed by atoms with Crippen molar-refractivity contribution in [2.75, 3.05) is 13.1 Å². The van der Waals surface area contributed by atoms with Gasteiger partial charge in [-0.15, -0.1) is 0 Å². The zero-order chi connectivity index (χ0) is 20.3. The molecule has 0 fully saturated rings. The standard InChI is InChI=1S/C20H28F2N4O/c1-12(2)25(13(3)4)10-9-23-20(27)19-14(5)24-26(15(19)6)18-8-7-16(21)11-17(18)22/h7-8,11-13H,9-10H2,1-6H3,(H,23,27). The molecule has 1 heterocycles. The average molecular weight is 378 g/mol. The van der Waals surface area contributed by atoms with Crippen molar-refractivity contribution in [3.8, 4) is 5.69 Å². The second-order valence-electron chi connectivity index (χ2n) is 7.23. The van der Waals surface area contributed by atoms with Crippen LogP contribution in [0.4, 0.5) is 8.78 Å². The number of halogens is 2. The molecule has 0 aliphatic carbocycles. The van der Waals surface area contributed by atoms with Crippen molar-refractivity contribution >= 4 is 5.91 Å². The second kappa shape index (κ2) is 8.61. The number of rotatable bonds is 7. The van der Waals surface area contributed by atoms with E-state index < -0.39 is 11.6 Å². The highest BCUT2D eigenvalue weighted by molar-refractivity contribution is 5.96. The highest BCUT2D eigenvalue weighted by Gasteiger charge is 2.21. The van der Waals surface area contributed by atoms with E-state index in [2.05, 4.69) is 43.0 Å². The molecule has 0 saturated heterocycles. The molecule has 0 bridgehead atoms. The van der Waals surface area contributed by atoms with Gasteiger partial charge in [0.15, 0.2) is 5.82 Å². The van der Waals surface area contributed by atoms with Gasteiger partial charge >= 0.3 is 0 Å². The first-order valence-corrected chi connectivity index (χ1v) is 9.19. The van der Waals surface area contributed by atoms with Gasteiger partial charge in [0.1, 0.15) is 11.5 Å². The van der Waals surface area contributed by atoms with Crippen LogP contribution in [0.3, 0.4) is 0 Å². The van der Waals surface area contributed by atoms with Gasteiger partial charge in [0.2, 0.25) is 0 Å². The molecule has 2 rings (SSSR count).